The standard InChI is InChI=1S/C21H45NO/c1-3-5-7-9-11-13-15-17-21(20-22-18-19-23)16-14-12-10-8-6-4-2/h21-23H,3-20H2,1-2H3. The summed E-state index contributed by atoms with van der Waals surface area (Å²) in [6, 6.07) is 0. The van der Waals surface area contributed by atoms with Crippen molar-refractivity contribution < 1.29 is 5.11 Å². The second kappa shape index (κ2) is 20.0. The Kier molecular flexibility index (Phi) is 19.9. The van der Waals surface area contributed by atoms with Crippen molar-refractivity contribution in [2.45, 2.75) is 110 Å². The van der Waals surface area contributed by atoms with Gasteiger partial charge >= 0.3 is 0 Å². The molecule has 0 saturated heterocycles. The van der Waals surface area contributed by atoms with Crippen molar-refractivity contribution in [1.82, 2.24) is 5.32 Å². The highest BCUT2D eigenvalue weighted by molar-refractivity contribution is 4.64. The fourth-order valence-corrected chi connectivity index (χ4v) is 3.34. The largest absolute Gasteiger partial charge is 0.395 e. The Morgan fingerprint density at radius 3 is 1.52 bits per heavy atom. The van der Waals surface area contributed by atoms with Crippen LogP contribution in [0.1, 0.15) is 110 Å². The molecule has 0 aromatic rings. The van der Waals surface area contributed by atoms with E-state index in [9.17, 15) is 0 Å². The molecule has 0 aromatic carbocycles. The zero-order valence-corrected chi connectivity index (χ0v) is 16.3. The average Bonchev–Trinajstić information content (AvgIpc) is 2.56. The molecule has 23 heavy (non-hydrogen) atoms. The minimum absolute atomic E-state index is 0.265. The Bertz CT molecular complexity index is 208. The lowest BCUT2D eigenvalue weighted by Crippen LogP contribution is -2.25. The molecule has 0 rings (SSSR count). The SMILES string of the molecule is CCCCCCCCCC(CCCCCCCC)CNCCO. The van der Waals surface area contributed by atoms with Gasteiger partial charge in [-0.15, -0.1) is 0 Å². The lowest BCUT2D eigenvalue weighted by atomic mass is 9.94. The number of unbranched alkanes of at least 4 members (excludes halogenated alkanes) is 11. The van der Waals surface area contributed by atoms with Crippen LogP contribution in [0.25, 0.3) is 0 Å². The highest BCUT2D eigenvalue weighted by Crippen LogP contribution is 2.19. The van der Waals surface area contributed by atoms with Crippen molar-refractivity contribution in [3.05, 3.63) is 0 Å². The van der Waals surface area contributed by atoms with E-state index < -0.39 is 0 Å². The Hall–Kier alpha value is -0.0800. The molecule has 0 amide bonds. The normalized spacial score (nSPS) is 12.7. The van der Waals surface area contributed by atoms with Crippen LogP contribution >= 0.6 is 0 Å². The van der Waals surface area contributed by atoms with E-state index in [-0.39, 0.29) is 6.61 Å². The van der Waals surface area contributed by atoms with Crippen LogP contribution in [0.2, 0.25) is 0 Å². The van der Waals surface area contributed by atoms with Crippen LogP contribution in [0.15, 0.2) is 0 Å². The quantitative estimate of drug-likeness (QED) is 0.282. The molecular weight excluding hydrogens is 282 g/mol. The number of hydrogen-bond acceptors (Lipinski definition) is 2. The van der Waals surface area contributed by atoms with Gasteiger partial charge in [-0.1, -0.05) is 97.3 Å². The summed E-state index contributed by atoms with van der Waals surface area (Å²) in [6.07, 6.45) is 21.0. The highest BCUT2D eigenvalue weighted by atomic mass is 16.3. The van der Waals surface area contributed by atoms with E-state index in [1.807, 2.05) is 0 Å². The van der Waals surface area contributed by atoms with Crippen LogP contribution in [0.5, 0.6) is 0 Å². The number of aliphatic hydroxyl groups excluding tert-OH is 1. The predicted molar refractivity (Wildman–Crippen MR) is 104 cm³/mol. The molecule has 2 N–H and O–H groups in total. The van der Waals surface area contributed by atoms with Gasteiger partial charge < -0.3 is 10.4 Å². The predicted octanol–water partition coefficient (Wildman–Crippen LogP) is 6.08. The van der Waals surface area contributed by atoms with Crippen LogP contribution in [0.3, 0.4) is 0 Å². The van der Waals surface area contributed by atoms with Crippen molar-refractivity contribution in [2.24, 2.45) is 5.92 Å². The highest BCUT2D eigenvalue weighted by Gasteiger charge is 2.08. The fraction of sp³-hybridized carbons (Fsp3) is 1.00. The average molecular weight is 328 g/mol. The first kappa shape index (κ1) is 22.9. The molecule has 0 bridgehead atoms. The van der Waals surface area contributed by atoms with Gasteiger partial charge in [-0.3, -0.25) is 0 Å². The summed E-state index contributed by atoms with van der Waals surface area (Å²) >= 11 is 0. The van der Waals surface area contributed by atoms with Gasteiger partial charge in [0.2, 0.25) is 0 Å². The van der Waals surface area contributed by atoms with Crippen molar-refractivity contribution >= 4 is 0 Å². The number of hydrogen-bond donors (Lipinski definition) is 2. The van der Waals surface area contributed by atoms with Gasteiger partial charge in [0.1, 0.15) is 0 Å². The van der Waals surface area contributed by atoms with Crippen LogP contribution in [-0.2, 0) is 0 Å². The molecular formula is C21H45NO. The van der Waals surface area contributed by atoms with Crippen molar-refractivity contribution in [1.29, 1.82) is 0 Å². The van der Waals surface area contributed by atoms with E-state index in [1.54, 1.807) is 0 Å². The molecule has 1 unspecified atom stereocenters. The first-order chi connectivity index (χ1) is 11.3. The van der Waals surface area contributed by atoms with Gasteiger partial charge in [0.15, 0.2) is 0 Å². The first-order valence-electron chi connectivity index (χ1n) is 10.7. The van der Waals surface area contributed by atoms with E-state index in [1.165, 1.54) is 96.3 Å². The molecule has 140 valence electrons. The second-order valence-electron chi connectivity index (χ2n) is 7.26. The van der Waals surface area contributed by atoms with Crippen molar-refractivity contribution in [3.8, 4) is 0 Å². The third kappa shape index (κ3) is 18.1. The maximum absolute atomic E-state index is 8.93. The van der Waals surface area contributed by atoms with Crippen molar-refractivity contribution in [3.63, 3.8) is 0 Å². The summed E-state index contributed by atoms with van der Waals surface area (Å²) in [4.78, 5) is 0. The molecule has 0 saturated carbocycles. The molecule has 0 aliphatic heterocycles. The van der Waals surface area contributed by atoms with Crippen LogP contribution < -0.4 is 5.32 Å². The molecule has 0 fully saturated rings. The van der Waals surface area contributed by atoms with Crippen LogP contribution in [-0.4, -0.2) is 24.8 Å². The summed E-state index contributed by atoms with van der Waals surface area (Å²) in [5.41, 5.74) is 0. The maximum Gasteiger partial charge on any atom is 0.0555 e. The minimum Gasteiger partial charge on any atom is -0.395 e. The maximum atomic E-state index is 8.93. The molecule has 1 atom stereocenters. The monoisotopic (exact) mass is 327 g/mol. The Balaban J connectivity index is 3.64. The van der Waals surface area contributed by atoms with Gasteiger partial charge in [-0.05, 0) is 25.3 Å². The molecule has 0 aliphatic carbocycles. The van der Waals surface area contributed by atoms with E-state index in [0.717, 1.165) is 19.0 Å². The number of aliphatic hydroxyl groups is 1. The first-order valence-corrected chi connectivity index (χ1v) is 10.7. The lowest BCUT2D eigenvalue weighted by Gasteiger charge is -2.17. The van der Waals surface area contributed by atoms with Crippen LogP contribution in [0.4, 0.5) is 0 Å². The van der Waals surface area contributed by atoms with Gasteiger partial charge in [0, 0.05) is 6.54 Å². The molecule has 0 heterocycles. The smallest absolute Gasteiger partial charge is 0.0555 e. The molecule has 0 radical (unpaired) electrons. The van der Waals surface area contributed by atoms with Crippen LogP contribution in [0, 0.1) is 5.92 Å². The molecule has 0 spiro atoms. The van der Waals surface area contributed by atoms with E-state index in [4.69, 9.17) is 5.11 Å². The molecule has 0 aliphatic rings. The Labute approximate surface area is 146 Å². The van der Waals surface area contributed by atoms with E-state index >= 15 is 0 Å². The summed E-state index contributed by atoms with van der Waals surface area (Å²) < 4.78 is 0. The van der Waals surface area contributed by atoms with E-state index in [0.29, 0.717) is 0 Å². The lowest BCUT2D eigenvalue weighted by molar-refractivity contribution is 0.283. The molecule has 2 nitrogen and oxygen atoms in total. The zero-order chi connectivity index (χ0) is 17.0. The molecule has 0 aromatic heterocycles. The van der Waals surface area contributed by atoms with E-state index in [2.05, 4.69) is 19.2 Å². The Morgan fingerprint density at radius 2 is 1.09 bits per heavy atom. The third-order valence-electron chi connectivity index (χ3n) is 4.90. The van der Waals surface area contributed by atoms with Crippen molar-refractivity contribution in [2.75, 3.05) is 19.7 Å². The van der Waals surface area contributed by atoms with Gasteiger partial charge in [-0.2, -0.15) is 0 Å². The zero-order valence-electron chi connectivity index (χ0n) is 16.3. The summed E-state index contributed by atoms with van der Waals surface area (Å²) in [5.74, 6) is 0.823. The van der Waals surface area contributed by atoms with Gasteiger partial charge in [0.25, 0.3) is 0 Å². The topological polar surface area (TPSA) is 32.3 Å². The minimum atomic E-state index is 0.265. The second-order valence-corrected chi connectivity index (χ2v) is 7.26. The molecule has 2 heteroatoms. The Morgan fingerprint density at radius 1 is 0.652 bits per heavy atom. The summed E-state index contributed by atoms with van der Waals surface area (Å²) in [5, 5.41) is 12.3. The van der Waals surface area contributed by atoms with Gasteiger partial charge in [0.05, 0.1) is 6.61 Å². The van der Waals surface area contributed by atoms with Gasteiger partial charge in [-0.25, -0.2) is 0 Å². The number of nitrogens with one attached hydrogen (secondary N) is 1. The fourth-order valence-electron chi connectivity index (χ4n) is 3.34. The number of rotatable bonds is 19. The summed E-state index contributed by atoms with van der Waals surface area (Å²) in [6.45, 7) is 6.69. The summed E-state index contributed by atoms with van der Waals surface area (Å²) in [7, 11) is 0. The third-order valence-corrected chi connectivity index (χ3v) is 4.90.